The summed E-state index contributed by atoms with van der Waals surface area (Å²) in [5, 5.41) is 0. The van der Waals surface area contributed by atoms with Gasteiger partial charge in [-0.1, -0.05) is 44.9 Å². The summed E-state index contributed by atoms with van der Waals surface area (Å²) in [7, 11) is 3.64. The maximum Gasteiger partial charge on any atom is 0.339 e. The van der Waals surface area contributed by atoms with Crippen molar-refractivity contribution < 1.29 is 9.53 Å². The van der Waals surface area contributed by atoms with Crippen LogP contribution in [-0.2, 0) is 4.74 Å². The van der Waals surface area contributed by atoms with Crippen molar-refractivity contribution in [2.24, 2.45) is 0 Å². The van der Waals surface area contributed by atoms with Crippen molar-refractivity contribution in [3.8, 4) is 0 Å². The minimum absolute atomic E-state index is 0.0422. The number of para-hydroxylation sites is 1. The van der Waals surface area contributed by atoms with Crippen LogP contribution in [0.2, 0.25) is 0 Å². The third-order valence-electron chi connectivity index (χ3n) is 6.05. The van der Waals surface area contributed by atoms with Gasteiger partial charge in [0.05, 0.1) is 18.4 Å². The number of rotatable bonds is 7. The van der Waals surface area contributed by atoms with Gasteiger partial charge in [0.2, 0.25) is 0 Å². The van der Waals surface area contributed by atoms with E-state index in [9.17, 15) is 4.79 Å². The Labute approximate surface area is 189 Å². The van der Waals surface area contributed by atoms with Crippen molar-refractivity contribution in [3.05, 3.63) is 48.0 Å². The fourth-order valence-corrected chi connectivity index (χ4v) is 5.88. The number of esters is 1. The summed E-state index contributed by atoms with van der Waals surface area (Å²) in [5.74, 6) is -0.284. The Bertz CT molecular complexity index is 875. The molecule has 2 aromatic rings. The maximum atomic E-state index is 12.5. The number of unbranched alkanes of at least 4 members (excludes halogenated alkanes) is 1. The van der Waals surface area contributed by atoms with E-state index in [1.54, 1.807) is 23.7 Å². The Morgan fingerprint density at radius 3 is 2.57 bits per heavy atom. The highest BCUT2D eigenvalue weighted by Gasteiger charge is 2.39. The average Bonchev–Trinajstić information content (AvgIpc) is 2.90. The summed E-state index contributed by atoms with van der Waals surface area (Å²) in [5.41, 5.74) is 3.01. The van der Waals surface area contributed by atoms with E-state index in [4.69, 9.17) is 4.74 Å². The van der Waals surface area contributed by atoms with E-state index in [-0.39, 0.29) is 11.5 Å². The molecule has 1 unspecified atom stereocenters. The van der Waals surface area contributed by atoms with Crippen LogP contribution in [0.3, 0.4) is 0 Å². The van der Waals surface area contributed by atoms with Crippen LogP contribution in [0.1, 0.15) is 49.9 Å². The molecule has 0 amide bonds. The van der Waals surface area contributed by atoms with Gasteiger partial charge in [-0.15, -0.1) is 11.8 Å². The van der Waals surface area contributed by atoms with E-state index in [0.717, 1.165) is 34.9 Å². The summed E-state index contributed by atoms with van der Waals surface area (Å²) in [6.45, 7) is 5.46. The molecule has 0 radical (unpaired) electrons. The molecule has 0 saturated carbocycles. The molecule has 30 heavy (non-hydrogen) atoms. The van der Waals surface area contributed by atoms with Crippen molar-refractivity contribution in [1.29, 1.82) is 0 Å². The molecule has 0 N–H and O–H groups in total. The van der Waals surface area contributed by atoms with Gasteiger partial charge in [-0.25, -0.2) is 9.10 Å². The van der Waals surface area contributed by atoms with E-state index in [0.29, 0.717) is 5.56 Å². The van der Waals surface area contributed by atoms with Gasteiger partial charge >= 0.3 is 5.97 Å². The van der Waals surface area contributed by atoms with Gasteiger partial charge in [0, 0.05) is 27.6 Å². The number of thioether (sulfide) groups is 1. The Balaban J connectivity index is 2.19. The van der Waals surface area contributed by atoms with Gasteiger partial charge in [-0.05, 0) is 62.4 Å². The summed E-state index contributed by atoms with van der Waals surface area (Å²) in [4.78, 5) is 16.9. The zero-order valence-electron chi connectivity index (χ0n) is 18.6. The van der Waals surface area contributed by atoms with E-state index < -0.39 is 0 Å². The van der Waals surface area contributed by atoms with Crippen molar-refractivity contribution in [2.75, 3.05) is 31.9 Å². The number of nitrogens with zero attached hydrogens (tertiary/aromatic N) is 2. The topological polar surface area (TPSA) is 32.8 Å². The molecule has 0 saturated heterocycles. The van der Waals surface area contributed by atoms with Crippen LogP contribution >= 0.6 is 23.7 Å². The van der Waals surface area contributed by atoms with Crippen LogP contribution in [0.4, 0.5) is 11.4 Å². The monoisotopic (exact) mass is 444 g/mol. The van der Waals surface area contributed by atoms with Crippen LogP contribution in [-0.4, -0.2) is 42.8 Å². The molecule has 0 aromatic heterocycles. The zero-order chi connectivity index (χ0) is 21.7. The van der Waals surface area contributed by atoms with E-state index in [1.807, 2.05) is 12.3 Å². The van der Waals surface area contributed by atoms with Crippen LogP contribution in [0.5, 0.6) is 0 Å². The third-order valence-corrected chi connectivity index (χ3v) is 8.02. The van der Waals surface area contributed by atoms with E-state index in [1.165, 1.54) is 25.6 Å². The average molecular weight is 445 g/mol. The lowest BCUT2D eigenvalue weighted by Crippen LogP contribution is -2.49. The Kier molecular flexibility index (Phi) is 7.77. The van der Waals surface area contributed by atoms with Crippen molar-refractivity contribution in [3.63, 3.8) is 0 Å². The molecular weight excluding hydrogens is 412 g/mol. The lowest BCUT2D eigenvalue weighted by Gasteiger charge is -2.42. The number of methoxy groups -OCH3 is 1. The molecule has 2 aromatic carbocycles. The molecule has 4 nitrogen and oxygen atoms in total. The van der Waals surface area contributed by atoms with Gasteiger partial charge in [0.1, 0.15) is 0 Å². The van der Waals surface area contributed by atoms with E-state index in [2.05, 4.69) is 66.5 Å². The summed E-state index contributed by atoms with van der Waals surface area (Å²) < 4.78 is 7.49. The first-order chi connectivity index (χ1) is 14.5. The maximum absolute atomic E-state index is 12.5. The number of likely N-dealkylation sites (N-methyl/N-ethyl adjacent to an activating group) is 1. The van der Waals surface area contributed by atoms with Crippen LogP contribution in [0.15, 0.2) is 52.3 Å². The van der Waals surface area contributed by atoms with E-state index >= 15 is 0 Å². The summed E-state index contributed by atoms with van der Waals surface area (Å²) >= 11 is 3.33. The molecule has 0 aliphatic carbocycles. The number of ether oxygens (including phenoxy) is 1. The largest absolute Gasteiger partial charge is 0.465 e. The second-order valence-corrected chi connectivity index (χ2v) is 9.72. The molecule has 1 aliphatic heterocycles. The van der Waals surface area contributed by atoms with Crippen LogP contribution in [0, 0.1) is 0 Å². The van der Waals surface area contributed by atoms with Gasteiger partial charge in [0.25, 0.3) is 0 Å². The second-order valence-electron chi connectivity index (χ2n) is 7.70. The number of hydrogen-bond acceptors (Lipinski definition) is 6. The van der Waals surface area contributed by atoms with Crippen LogP contribution < -0.4 is 4.90 Å². The molecule has 1 aliphatic rings. The first-order valence-corrected chi connectivity index (χ1v) is 12.5. The quantitative estimate of drug-likeness (QED) is 0.271. The van der Waals surface area contributed by atoms with Gasteiger partial charge < -0.3 is 9.64 Å². The molecule has 0 bridgehead atoms. The van der Waals surface area contributed by atoms with Crippen LogP contribution in [0.25, 0.3) is 0 Å². The number of benzene rings is 2. The highest BCUT2D eigenvalue weighted by atomic mass is 32.2. The van der Waals surface area contributed by atoms with Gasteiger partial charge in [-0.3, -0.25) is 0 Å². The molecule has 162 valence electrons. The fraction of sp³-hybridized carbons (Fsp3) is 0.458. The molecular formula is C24H32N2O2S2. The second kappa shape index (κ2) is 10.1. The normalized spacial score (nSPS) is 19.3. The third kappa shape index (κ3) is 4.51. The number of anilines is 2. The summed E-state index contributed by atoms with van der Waals surface area (Å²) in [6.07, 6.45) is 6.59. The molecule has 1 heterocycles. The van der Waals surface area contributed by atoms with Gasteiger partial charge in [0.15, 0.2) is 0 Å². The SMILES string of the molecule is CCCCC1(CC)CN(c2ccccc2)c2cc(SC)c(C(=O)OC)cc2SN1C. The Morgan fingerprint density at radius 1 is 1.23 bits per heavy atom. The molecule has 6 heteroatoms. The first kappa shape index (κ1) is 23.0. The predicted octanol–water partition coefficient (Wildman–Crippen LogP) is 6.62. The summed E-state index contributed by atoms with van der Waals surface area (Å²) in [6, 6.07) is 14.8. The Morgan fingerprint density at radius 2 is 1.97 bits per heavy atom. The number of carbonyl (C=O) groups excluding carboxylic acids is 1. The molecule has 1 atom stereocenters. The van der Waals surface area contributed by atoms with Crippen molar-refractivity contribution >= 4 is 41.1 Å². The first-order valence-electron chi connectivity index (χ1n) is 10.5. The fourth-order valence-electron chi connectivity index (χ4n) is 4.09. The standard InChI is InChI=1S/C24H32N2O2S2/c1-6-8-14-24(7-2)17-26(18-12-10-9-11-13-18)20-16-21(29-5)19(23(27)28-4)15-22(20)30-25(24)3/h9-13,15-16H,6-8,14,17H2,1-5H3. The molecule has 0 fully saturated rings. The lowest BCUT2D eigenvalue weighted by atomic mass is 9.88. The minimum Gasteiger partial charge on any atom is -0.465 e. The van der Waals surface area contributed by atoms with Crippen molar-refractivity contribution in [2.45, 2.75) is 54.9 Å². The number of carbonyl (C=O) groups is 1. The number of fused-ring (bicyclic) bond motifs is 1. The number of hydrogen-bond donors (Lipinski definition) is 0. The Hall–Kier alpha value is -1.63. The lowest BCUT2D eigenvalue weighted by molar-refractivity contribution is 0.0596. The molecule has 3 rings (SSSR count). The highest BCUT2D eigenvalue weighted by Crippen LogP contribution is 2.47. The minimum atomic E-state index is -0.284. The molecule has 0 spiro atoms. The zero-order valence-corrected chi connectivity index (χ0v) is 20.2. The van der Waals surface area contributed by atoms with Crippen molar-refractivity contribution in [1.82, 2.24) is 4.31 Å². The highest BCUT2D eigenvalue weighted by molar-refractivity contribution is 7.98. The predicted molar refractivity (Wildman–Crippen MR) is 129 cm³/mol. The smallest absolute Gasteiger partial charge is 0.339 e. The van der Waals surface area contributed by atoms with Gasteiger partial charge in [-0.2, -0.15) is 0 Å².